The monoisotopic (exact) mass is 389 g/mol. The lowest BCUT2D eigenvalue weighted by molar-refractivity contribution is -0.121. The summed E-state index contributed by atoms with van der Waals surface area (Å²) in [6, 6.07) is 7.64. The van der Waals surface area contributed by atoms with Crippen LogP contribution in [0.4, 0.5) is 4.79 Å². The number of rotatable bonds is 5. The number of hydrogen-bond acceptors (Lipinski definition) is 4. The summed E-state index contributed by atoms with van der Waals surface area (Å²) in [5.74, 6) is -0.0745. The molecule has 1 saturated heterocycles. The van der Waals surface area contributed by atoms with Gasteiger partial charge in [0.25, 0.3) is 5.91 Å². The fourth-order valence-electron chi connectivity index (χ4n) is 3.08. The van der Waals surface area contributed by atoms with Gasteiger partial charge in [0.05, 0.1) is 0 Å². The second-order valence-electron chi connectivity index (χ2n) is 8.18. The van der Waals surface area contributed by atoms with Crippen molar-refractivity contribution in [2.75, 3.05) is 19.6 Å². The minimum Gasteiger partial charge on any atom is -0.444 e. The lowest BCUT2D eigenvalue weighted by Gasteiger charge is -2.32. The van der Waals surface area contributed by atoms with E-state index in [1.807, 2.05) is 36.1 Å². The summed E-state index contributed by atoms with van der Waals surface area (Å²) >= 11 is 0. The number of ether oxygens (including phenoxy) is 1. The number of piperidine rings is 1. The Kier molecular flexibility index (Phi) is 7.43. The molecule has 0 aliphatic carbocycles. The zero-order valence-corrected chi connectivity index (χ0v) is 17.2. The molecule has 28 heavy (non-hydrogen) atoms. The fourth-order valence-corrected chi connectivity index (χ4v) is 3.08. The predicted octanol–water partition coefficient (Wildman–Crippen LogP) is 2.63. The summed E-state index contributed by atoms with van der Waals surface area (Å²) in [6.45, 7) is 8.80. The average molecular weight is 389 g/mol. The van der Waals surface area contributed by atoms with Crippen molar-refractivity contribution >= 4 is 17.9 Å². The largest absolute Gasteiger partial charge is 0.444 e. The molecule has 1 heterocycles. The molecule has 2 N–H and O–H groups in total. The first-order valence-electron chi connectivity index (χ1n) is 9.76. The average Bonchev–Trinajstić information content (AvgIpc) is 2.60. The molecule has 154 valence electrons. The van der Waals surface area contributed by atoms with Crippen molar-refractivity contribution in [3.05, 3.63) is 35.4 Å². The maximum atomic E-state index is 12.6. The van der Waals surface area contributed by atoms with Gasteiger partial charge in [0.15, 0.2) is 0 Å². The molecule has 1 aromatic carbocycles. The number of hydrogen-bond donors (Lipinski definition) is 2. The smallest absolute Gasteiger partial charge is 0.407 e. The van der Waals surface area contributed by atoms with Crippen LogP contribution in [0, 0.1) is 6.92 Å². The maximum absolute atomic E-state index is 12.6. The normalized spacial score (nSPS) is 15.1. The summed E-state index contributed by atoms with van der Waals surface area (Å²) in [5, 5.41) is 5.56. The van der Waals surface area contributed by atoms with Crippen LogP contribution in [0.3, 0.4) is 0 Å². The summed E-state index contributed by atoms with van der Waals surface area (Å²) in [4.78, 5) is 38.0. The minimum atomic E-state index is -0.559. The van der Waals surface area contributed by atoms with Gasteiger partial charge in [-0.05, 0) is 52.7 Å². The molecule has 0 aromatic heterocycles. The summed E-state index contributed by atoms with van der Waals surface area (Å²) in [5.41, 5.74) is 1.21. The molecule has 7 heteroatoms. The molecule has 7 nitrogen and oxygen atoms in total. The van der Waals surface area contributed by atoms with Crippen LogP contribution in [0.25, 0.3) is 0 Å². The quantitative estimate of drug-likeness (QED) is 0.810. The van der Waals surface area contributed by atoms with E-state index in [1.165, 1.54) is 0 Å². The molecule has 2 rings (SSSR count). The van der Waals surface area contributed by atoms with Gasteiger partial charge in [0.1, 0.15) is 5.60 Å². The molecule has 1 fully saturated rings. The Morgan fingerprint density at radius 1 is 1.18 bits per heavy atom. The number of aryl methyl sites for hydroxylation is 1. The number of carbonyl (C=O) groups is 3. The van der Waals surface area contributed by atoms with Crippen molar-refractivity contribution in [1.29, 1.82) is 0 Å². The fraction of sp³-hybridized carbons (Fsp3) is 0.571. The molecule has 0 saturated carbocycles. The second kappa shape index (κ2) is 9.57. The lowest BCUT2D eigenvalue weighted by Crippen LogP contribution is -2.47. The van der Waals surface area contributed by atoms with Gasteiger partial charge in [-0.15, -0.1) is 0 Å². The summed E-state index contributed by atoms with van der Waals surface area (Å²) < 4.78 is 5.13. The highest BCUT2D eigenvalue weighted by Crippen LogP contribution is 2.15. The first-order valence-corrected chi connectivity index (χ1v) is 9.76. The van der Waals surface area contributed by atoms with E-state index in [4.69, 9.17) is 4.74 Å². The van der Waals surface area contributed by atoms with E-state index in [0.717, 1.165) is 18.4 Å². The Hall–Kier alpha value is -2.57. The molecule has 0 atom stereocenters. The van der Waals surface area contributed by atoms with Crippen LogP contribution in [0.1, 0.15) is 56.0 Å². The van der Waals surface area contributed by atoms with E-state index in [2.05, 4.69) is 10.6 Å². The number of benzene rings is 1. The van der Waals surface area contributed by atoms with E-state index in [0.29, 0.717) is 18.7 Å². The van der Waals surface area contributed by atoms with Gasteiger partial charge in [-0.3, -0.25) is 9.59 Å². The third-order valence-corrected chi connectivity index (χ3v) is 4.43. The number of alkyl carbamates (subject to hydrolysis) is 1. The molecule has 0 bridgehead atoms. The van der Waals surface area contributed by atoms with Gasteiger partial charge in [0.2, 0.25) is 5.91 Å². The van der Waals surface area contributed by atoms with Crippen LogP contribution in [0.2, 0.25) is 0 Å². The highest BCUT2D eigenvalue weighted by atomic mass is 16.6. The molecular formula is C21H31N3O4. The van der Waals surface area contributed by atoms with Crippen LogP contribution in [-0.4, -0.2) is 54.1 Å². The van der Waals surface area contributed by atoms with Crippen LogP contribution >= 0.6 is 0 Å². The van der Waals surface area contributed by atoms with E-state index in [1.54, 1.807) is 20.8 Å². The molecule has 0 radical (unpaired) electrons. The zero-order valence-electron chi connectivity index (χ0n) is 17.2. The molecular weight excluding hydrogens is 358 g/mol. The molecule has 0 unspecified atom stereocenters. The Balaban J connectivity index is 1.68. The van der Waals surface area contributed by atoms with Crippen molar-refractivity contribution in [3.8, 4) is 0 Å². The Morgan fingerprint density at radius 3 is 2.46 bits per heavy atom. The van der Waals surface area contributed by atoms with Crippen molar-refractivity contribution in [1.82, 2.24) is 15.5 Å². The van der Waals surface area contributed by atoms with Gasteiger partial charge >= 0.3 is 6.09 Å². The third kappa shape index (κ3) is 7.21. The van der Waals surface area contributed by atoms with Crippen molar-refractivity contribution in [3.63, 3.8) is 0 Å². The number of likely N-dealkylation sites (tertiary alicyclic amines) is 1. The number of nitrogens with zero attached hydrogens (tertiary/aromatic N) is 1. The van der Waals surface area contributed by atoms with Crippen LogP contribution in [0.5, 0.6) is 0 Å². The topological polar surface area (TPSA) is 87.7 Å². The predicted molar refractivity (Wildman–Crippen MR) is 107 cm³/mol. The maximum Gasteiger partial charge on any atom is 0.407 e. The van der Waals surface area contributed by atoms with Crippen molar-refractivity contribution in [2.24, 2.45) is 0 Å². The highest BCUT2D eigenvalue weighted by molar-refractivity contribution is 5.94. The first kappa shape index (κ1) is 21.7. The standard InChI is InChI=1S/C21H31N3O4/c1-15-6-5-7-16(14-15)19(26)24-12-9-17(10-13-24)23-18(25)8-11-22-20(27)28-21(2,3)4/h5-7,14,17H,8-13H2,1-4H3,(H,22,27)(H,23,25). The van der Waals surface area contributed by atoms with Crippen LogP contribution < -0.4 is 10.6 Å². The van der Waals surface area contributed by atoms with Gasteiger partial charge < -0.3 is 20.3 Å². The SMILES string of the molecule is Cc1cccc(C(=O)N2CCC(NC(=O)CCNC(=O)OC(C)(C)C)CC2)c1. The second-order valence-corrected chi connectivity index (χ2v) is 8.18. The minimum absolute atomic E-state index is 0.0371. The van der Waals surface area contributed by atoms with Gasteiger partial charge in [-0.2, -0.15) is 0 Å². The van der Waals surface area contributed by atoms with Gasteiger partial charge in [-0.1, -0.05) is 17.7 Å². The van der Waals surface area contributed by atoms with Gasteiger partial charge in [0, 0.05) is 37.7 Å². The lowest BCUT2D eigenvalue weighted by atomic mass is 10.0. The molecule has 1 aliphatic heterocycles. The summed E-state index contributed by atoms with van der Waals surface area (Å²) in [7, 11) is 0. The van der Waals surface area contributed by atoms with Crippen molar-refractivity contribution < 1.29 is 19.1 Å². The summed E-state index contributed by atoms with van der Waals surface area (Å²) in [6.07, 6.45) is 1.12. The Morgan fingerprint density at radius 2 is 1.86 bits per heavy atom. The molecule has 0 spiro atoms. The van der Waals surface area contributed by atoms with E-state index < -0.39 is 11.7 Å². The third-order valence-electron chi connectivity index (χ3n) is 4.43. The van der Waals surface area contributed by atoms with Crippen LogP contribution in [-0.2, 0) is 9.53 Å². The van der Waals surface area contributed by atoms with Gasteiger partial charge in [-0.25, -0.2) is 4.79 Å². The number of nitrogens with one attached hydrogen (secondary N) is 2. The van der Waals surface area contributed by atoms with E-state index in [-0.39, 0.29) is 30.8 Å². The van der Waals surface area contributed by atoms with Crippen LogP contribution in [0.15, 0.2) is 24.3 Å². The first-order chi connectivity index (χ1) is 13.1. The Bertz CT molecular complexity index is 704. The highest BCUT2D eigenvalue weighted by Gasteiger charge is 2.24. The number of carbonyl (C=O) groups excluding carboxylic acids is 3. The molecule has 1 aliphatic rings. The Labute approximate surface area is 166 Å². The van der Waals surface area contributed by atoms with E-state index >= 15 is 0 Å². The number of amides is 3. The molecule has 3 amide bonds. The van der Waals surface area contributed by atoms with Crippen molar-refractivity contribution in [2.45, 2.75) is 58.6 Å². The zero-order chi connectivity index (χ0) is 20.7. The molecule has 1 aromatic rings. The van der Waals surface area contributed by atoms with E-state index in [9.17, 15) is 14.4 Å².